The van der Waals surface area contributed by atoms with Gasteiger partial charge in [0, 0.05) is 31.1 Å². The third-order valence-electron chi connectivity index (χ3n) is 2.79. The van der Waals surface area contributed by atoms with Crippen molar-refractivity contribution in [1.82, 2.24) is 4.31 Å². The number of methoxy groups -OCH3 is 1. The van der Waals surface area contributed by atoms with Crippen LogP contribution in [0.15, 0.2) is 27.6 Å². The van der Waals surface area contributed by atoms with E-state index in [0.29, 0.717) is 10.0 Å². The number of sulfonamides is 1. The van der Waals surface area contributed by atoms with Crippen LogP contribution in [0.1, 0.15) is 12.0 Å². The van der Waals surface area contributed by atoms with Gasteiger partial charge in [-0.25, -0.2) is 8.42 Å². The fraction of sp³-hybridized carbons (Fsp3) is 0.462. The fourth-order valence-corrected chi connectivity index (χ4v) is 3.90. The molecule has 0 N–H and O–H groups in total. The molecular weight excluding hydrogens is 344 g/mol. The molecule has 7 heteroatoms. The van der Waals surface area contributed by atoms with E-state index in [9.17, 15) is 8.42 Å². The van der Waals surface area contributed by atoms with Crippen molar-refractivity contribution < 1.29 is 13.2 Å². The van der Waals surface area contributed by atoms with Gasteiger partial charge in [-0.05, 0) is 24.6 Å². The summed E-state index contributed by atoms with van der Waals surface area (Å²) in [6.07, 6.45) is 0.149. The molecule has 5 nitrogen and oxygen atoms in total. The monoisotopic (exact) mass is 360 g/mol. The predicted molar refractivity (Wildman–Crippen MR) is 79.7 cm³/mol. The second-order valence-corrected chi connectivity index (χ2v) is 7.04. The standard InChI is InChI=1S/C13H17BrN2O3S/c1-11-4-5-12(14)10-13(11)20(17,18)16(7-3-6-15)8-9-19-2/h4-5,10H,3,7-9H2,1-2H3. The van der Waals surface area contributed by atoms with E-state index in [0.717, 1.165) is 0 Å². The molecule has 0 bridgehead atoms. The maximum absolute atomic E-state index is 12.7. The van der Waals surface area contributed by atoms with Crippen molar-refractivity contribution in [3.63, 3.8) is 0 Å². The minimum absolute atomic E-state index is 0.149. The quantitative estimate of drug-likeness (QED) is 0.747. The van der Waals surface area contributed by atoms with Gasteiger partial charge in [0.2, 0.25) is 10.0 Å². The summed E-state index contributed by atoms with van der Waals surface area (Å²) in [5.41, 5.74) is 0.674. The van der Waals surface area contributed by atoms with Crippen LogP contribution in [-0.4, -0.2) is 39.5 Å². The maximum Gasteiger partial charge on any atom is 0.243 e. The van der Waals surface area contributed by atoms with E-state index in [1.165, 1.54) is 11.4 Å². The summed E-state index contributed by atoms with van der Waals surface area (Å²) in [5.74, 6) is 0. The highest BCUT2D eigenvalue weighted by atomic mass is 79.9. The Labute approximate surface area is 128 Å². The molecule has 0 fully saturated rings. The lowest BCUT2D eigenvalue weighted by Gasteiger charge is -2.22. The molecule has 0 aromatic heterocycles. The van der Waals surface area contributed by atoms with E-state index in [4.69, 9.17) is 10.00 Å². The number of hydrogen-bond donors (Lipinski definition) is 0. The van der Waals surface area contributed by atoms with Crippen LogP contribution in [0.3, 0.4) is 0 Å². The molecular formula is C13H17BrN2O3S. The summed E-state index contributed by atoms with van der Waals surface area (Å²) >= 11 is 3.28. The predicted octanol–water partition coefficient (Wildman–Crippen LogP) is 2.31. The highest BCUT2D eigenvalue weighted by molar-refractivity contribution is 9.10. The first-order valence-electron chi connectivity index (χ1n) is 6.05. The second-order valence-electron chi connectivity index (χ2n) is 4.21. The first-order chi connectivity index (χ1) is 9.43. The number of aryl methyl sites for hydroxylation is 1. The Morgan fingerprint density at radius 2 is 2.10 bits per heavy atom. The summed E-state index contributed by atoms with van der Waals surface area (Å²) in [6.45, 7) is 2.43. The number of ether oxygens (including phenoxy) is 1. The Morgan fingerprint density at radius 3 is 2.70 bits per heavy atom. The minimum Gasteiger partial charge on any atom is -0.383 e. The molecule has 0 aliphatic heterocycles. The third-order valence-corrected chi connectivity index (χ3v) is 5.32. The third kappa shape index (κ3) is 4.28. The number of halogens is 1. The van der Waals surface area contributed by atoms with Crippen LogP contribution in [0.25, 0.3) is 0 Å². The zero-order valence-electron chi connectivity index (χ0n) is 11.5. The van der Waals surface area contributed by atoms with E-state index in [2.05, 4.69) is 15.9 Å². The van der Waals surface area contributed by atoms with Crippen molar-refractivity contribution in [2.24, 2.45) is 0 Å². The molecule has 1 aromatic carbocycles. The Hall–Kier alpha value is -0.940. The molecule has 20 heavy (non-hydrogen) atoms. The van der Waals surface area contributed by atoms with Crippen LogP contribution in [-0.2, 0) is 14.8 Å². The zero-order valence-corrected chi connectivity index (χ0v) is 13.9. The van der Waals surface area contributed by atoms with Gasteiger partial charge < -0.3 is 4.74 Å². The first-order valence-corrected chi connectivity index (χ1v) is 8.29. The van der Waals surface area contributed by atoms with E-state index in [-0.39, 0.29) is 31.0 Å². The van der Waals surface area contributed by atoms with Gasteiger partial charge in [0.05, 0.1) is 17.6 Å². The lowest BCUT2D eigenvalue weighted by atomic mass is 10.2. The van der Waals surface area contributed by atoms with E-state index in [1.807, 2.05) is 6.07 Å². The summed E-state index contributed by atoms with van der Waals surface area (Å²) < 4.78 is 32.2. The summed E-state index contributed by atoms with van der Waals surface area (Å²) in [6, 6.07) is 7.09. The smallest absolute Gasteiger partial charge is 0.243 e. The van der Waals surface area contributed by atoms with Crippen LogP contribution in [0.4, 0.5) is 0 Å². The van der Waals surface area contributed by atoms with Crippen LogP contribution < -0.4 is 0 Å². The number of benzene rings is 1. The van der Waals surface area contributed by atoms with Crippen LogP contribution in [0.5, 0.6) is 0 Å². The molecule has 1 rings (SSSR count). The van der Waals surface area contributed by atoms with Gasteiger partial charge in [-0.1, -0.05) is 22.0 Å². The number of nitrogens with zero attached hydrogens (tertiary/aromatic N) is 2. The lowest BCUT2D eigenvalue weighted by Crippen LogP contribution is -2.35. The fourth-order valence-electron chi connectivity index (χ4n) is 1.71. The molecule has 0 saturated carbocycles. The molecule has 110 valence electrons. The Kier molecular flexibility index (Phi) is 6.62. The Balaban J connectivity index is 3.14. The first kappa shape index (κ1) is 17.1. The average molecular weight is 361 g/mol. The summed E-state index contributed by atoms with van der Waals surface area (Å²) in [4.78, 5) is 0.251. The van der Waals surface area contributed by atoms with Crippen LogP contribution in [0, 0.1) is 18.3 Å². The molecule has 0 radical (unpaired) electrons. The van der Waals surface area contributed by atoms with Gasteiger partial charge in [0.1, 0.15) is 0 Å². The Bertz CT molecular complexity index is 596. The molecule has 1 aromatic rings. The van der Waals surface area contributed by atoms with Gasteiger partial charge in [-0.15, -0.1) is 0 Å². The molecule has 0 saturated heterocycles. The zero-order chi connectivity index (χ0) is 15.2. The highest BCUT2D eigenvalue weighted by Gasteiger charge is 2.25. The summed E-state index contributed by atoms with van der Waals surface area (Å²) in [7, 11) is -2.11. The molecule has 0 aliphatic rings. The highest BCUT2D eigenvalue weighted by Crippen LogP contribution is 2.24. The van der Waals surface area contributed by atoms with Crippen LogP contribution in [0.2, 0.25) is 0 Å². The van der Waals surface area contributed by atoms with Crippen molar-refractivity contribution >= 4 is 26.0 Å². The van der Waals surface area contributed by atoms with E-state index < -0.39 is 10.0 Å². The van der Waals surface area contributed by atoms with Gasteiger partial charge in [0.25, 0.3) is 0 Å². The normalized spacial score (nSPS) is 11.6. The van der Waals surface area contributed by atoms with Gasteiger partial charge in [-0.3, -0.25) is 0 Å². The van der Waals surface area contributed by atoms with Gasteiger partial charge >= 0.3 is 0 Å². The topological polar surface area (TPSA) is 70.4 Å². The van der Waals surface area contributed by atoms with Crippen molar-refractivity contribution in [2.45, 2.75) is 18.2 Å². The molecule has 0 unspecified atom stereocenters. The SMILES string of the molecule is COCCN(CCC#N)S(=O)(=O)c1cc(Br)ccc1C. The molecule has 0 heterocycles. The molecule has 0 atom stereocenters. The maximum atomic E-state index is 12.7. The number of hydrogen-bond acceptors (Lipinski definition) is 4. The van der Waals surface area contributed by atoms with Crippen molar-refractivity contribution in [1.29, 1.82) is 5.26 Å². The van der Waals surface area contributed by atoms with Crippen LogP contribution >= 0.6 is 15.9 Å². The van der Waals surface area contributed by atoms with Gasteiger partial charge in [-0.2, -0.15) is 9.57 Å². The molecule has 0 spiro atoms. The van der Waals surface area contributed by atoms with Crippen molar-refractivity contribution in [3.8, 4) is 6.07 Å². The average Bonchev–Trinajstić information content (AvgIpc) is 2.41. The lowest BCUT2D eigenvalue weighted by molar-refractivity contribution is 0.179. The minimum atomic E-state index is -3.63. The molecule has 0 aliphatic carbocycles. The van der Waals surface area contributed by atoms with E-state index >= 15 is 0 Å². The second kappa shape index (κ2) is 7.74. The number of nitriles is 1. The Morgan fingerprint density at radius 1 is 1.40 bits per heavy atom. The summed E-state index contributed by atoms with van der Waals surface area (Å²) in [5, 5.41) is 8.67. The van der Waals surface area contributed by atoms with E-state index in [1.54, 1.807) is 25.1 Å². The number of rotatable bonds is 7. The largest absolute Gasteiger partial charge is 0.383 e. The van der Waals surface area contributed by atoms with Crippen molar-refractivity contribution in [3.05, 3.63) is 28.2 Å². The van der Waals surface area contributed by atoms with Gasteiger partial charge in [0.15, 0.2) is 0 Å². The molecule has 0 amide bonds. The van der Waals surface area contributed by atoms with Crippen molar-refractivity contribution in [2.75, 3.05) is 26.8 Å².